The largest absolute Gasteiger partial charge is 0.372 e. The maximum Gasteiger partial charge on any atom is 0.187 e. The summed E-state index contributed by atoms with van der Waals surface area (Å²) in [4.78, 5) is 11.6. The zero-order valence-electron chi connectivity index (χ0n) is 18.6. The average Bonchev–Trinajstić information content (AvgIpc) is 3.47. The topological polar surface area (TPSA) is 71.8 Å². The number of pyridine rings is 1. The number of rotatable bonds is 8. The van der Waals surface area contributed by atoms with Crippen LogP contribution in [0.4, 0.5) is 16.5 Å². The standard InChI is InChI=1S/C23H26ClN7S/c1-5-30(6-2)18-8-9-19(15(3)11-18)26-23-27-21(14-32-23)17-7-10-22(25-12-17)31-13-20(16(4)24)28-29-31/h7-14,16H,5-6H2,1-4H3,(H,26,27). The van der Waals surface area contributed by atoms with E-state index in [0.29, 0.717) is 11.5 Å². The Bertz CT molecular complexity index is 1180. The second-order valence-electron chi connectivity index (χ2n) is 7.44. The summed E-state index contributed by atoms with van der Waals surface area (Å²) in [6.07, 6.45) is 3.59. The van der Waals surface area contributed by atoms with Gasteiger partial charge in [-0.1, -0.05) is 5.21 Å². The predicted octanol–water partition coefficient (Wildman–Crippen LogP) is 5.98. The lowest BCUT2D eigenvalue weighted by Gasteiger charge is -2.22. The van der Waals surface area contributed by atoms with Gasteiger partial charge in [0.1, 0.15) is 5.69 Å². The number of nitrogens with zero attached hydrogens (tertiary/aromatic N) is 6. The number of hydrogen-bond donors (Lipinski definition) is 1. The van der Waals surface area contributed by atoms with Crippen LogP contribution in [0.15, 0.2) is 48.1 Å². The SMILES string of the molecule is CCN(CC)c1ccc(Nc2nc(-c3ccc(-n4cc(C(C)Cl)nn4)nc3)cs2)c(C)c1. The van der Waals surface area contributed by atoms with Crippen molar-refractivity contribution in [3.63, 3.8) is 0 Å². The summed E-state index contributed by atoms with van der Waals surface area (Å²) in [5.74, 6) is 0.683. The summed E-state index contributed by atoms with van der Waals surface area (Å²) in [5, 5.41) is 14.3. The second kappa shape index (κ2) is 9.67. The molecule has 0 aliphatic carbocycles. The van der Waals surface area contributed by atoms with Crippen LogP contribution in [0.3, 0.4) is 0 Å². The van der Waals surface area contributed by atoms with Crippen molar-refractivity contribution >= 4 is 39.4 Å². The third-order valence-corrected chi connectivity index (χ3v) is 6.26. The summed E-state index contributed by atoms with van der Waals surface area (Å²) in [6, 6.07) is 10.4. The van der Waals surface area contributed by atoms with Gasteiger partial charge in [-0.25, -0.2) is 14.6 Å². The van der Waals surface area contributed by atoms with Gasteiger partial charge in [0.05, 0.1) is 17.3 Å². The van der Waals surface area contributed by atoms with Crippen LogP contribution in [0.2, 0.25) is 0 Å². The molecular formula is C23H26ClN7S. The number of aromatic nitrogens is 5. The summed E-state index contributed by atoms with van der Waals surface area (Å²) < 4.78 is 1.62. The minimum atomic E-state index is -0.194. The maximum absolute atomic E-state index is 6.06. The van der Waals surface area contributed by atoms with Crippen molar-refractivity contribution in [2.45, 2.75) is 33.1 Å². The zero-order valence-corrected chi connectivity index (χ0v) is 20.2. The average molecular weight is 468 g/mol. The van der Waals surface area contributed by atoms with E-state index < -0.39 is 0 Å². The Morgan fingerprint density at radius 3 is 2.62 bits per heavy atom. The molecule has 0 saturated carbocycles. The quantitative estimate of drug-likeness (QED) is 0.321. The number of nitrogens with one attached hydrogen (secondary N) is 1. The van der Waals surface area contributed by atoms with Gasteiger partial charge < -0.3 is 10.2 Å². The van der Waals surface area contributed by atoms with E-state index in [1.165, 1.54) is 11.3 Å². The summed E-state index contributed by atoms with van der Waals surface area (Å²) in [7, 11) is 0. The molecule has 9 heteroatoms. The van der Waals surface area contributed by atoms with Gasteiger partial charge in [0.2, 0.25) is 0 Å². The van der Waals surface area contributed by atoms with Crippen molar-refractivity contribution < 1.29 is 0 Å². The molecule has 1 atom stereocenters. The first-order valence-electron chi connectivity index (χ1n) is 10.6. The Kier molecular flexibility index (Phi) is 6.72. The van der Waals surface area contributed by atoms with E-state index in [1.807, 2.05) is 24.4 Å². The molecule has 0 bridgehead atoms. The molecular weight excluding hydrogens is 442 g/mol. The van der Waals surface area contributed by atoms with E-state index >= 15 is 0 Å². The van der Waals surface area contributed by atoms with Crippen LogP contribution in [0.5, 0.6) is 0 Å². The summed E-state index contributed by atoms with van der Waals surface area (Å²) in [5.41, 5.74) is 6.03. The third kappa shape index (κ3) is 4.76. The normalized spacial score (nSPS) is 12.0. The Morgan fingerprint density at radius 1 is 1.19 bits per heavy atom. The Labute approximate surface area is 197 Å². The van der Waals surface area contributed by atoms with Crippen molar-refractivity contribution in [3.05, 3.63) is 59.4 Å². The van der Waals surface area contributed by atoms with Gasteiger partial charge in [0, 0.05) is 41.6 Å². The van der Waals surface area contributed by atoms with Crippen LogP contribution >= 0.6 is 22.9 Å². The molecule has 0 aliphatic heterocycles. The molecule has 1 aromatic carbocycles. The first-order valence-corrected chi connectivity index (χ1v) is 11.9. The molecule has 166 valence electrons. The lowest BCUT2D eigenvalue weighted by molar-refractivity contribution is 0.777. The highest BCUT2D eigenvalue weighted by molar-refractivity contribution is 7.14. The van der Waals surface area contributed by atoms with Crippen molar-refractivity contribution in [1.29, 1.82) is 0 Å². The number of hydrogen-bond acceptors (Lipinski definition) is 7. The fourth-order valence-electron chi connectivity index (χ4n) is 3.40. The lowest BCUT2D eigenvalue weighted by Crippen LogP contribution is -2.21. The van der Waals surface area contributed by atoms with E-state index in [4.69, 9.17) is 16.6 Å². The van der Waals surface area contributed by atoms with E-state index in [0.717, 1.165) is 35.2 Å². The molecule has 1 unspecified atom stereocenters. The minimum absolute atomic E-state index is 0.194. The number of benzene rings is 1. The van der Waals surface area contributed by atoms with Crippen molar-refractivity contribution in [2.75, 3.05) is 23.3 Å². The van der Waals surface area contributed by atoms with Gasteiger partial charge in [-0.3, -0.25) is 0 Å². The first kappa shape index (κ1) is 22.2. The Balaban J connectivity index is 1.48. The lowest BCUT2D eigenvalue weighted by atomic mass is 10.1. The van der Waals surface area contributed by atoms with Crippen LogP contribution in [0, 0.1) is 6.92 Å². The van der Waals surface area contributed by atoms with Gasteiger partial charge in [-0.2, -0.15) is 0 Å². The molecule has 3 aromatic heterocycles. The summed E-state index contributed by atoms with van der Waals surface area (Å²) in [6.45, 7) is 10.3. The molecule has 7 nitrogen and oxygen atoms in total. The number of anilines is 3. The van der Waals surface area contributed by atoms with Gasteiger partial charge in [0.25, 0.3) is 0 Å². The third-order valence-electron chi connectivity index (χ3n) is 5.28. The van der Waals surface area contributed by atoms with Crippen LogP contribution in [-0.4, -0.2) is 38.1 Å². The van der Waals surface area contributed by atoms with Crippen LogP contribution in [-0.2, 0) is 0 Å². The van der Waals surface area contributed by atoms with Crippen LogP contribution < -0.4 is 10.2 Å². The molecule has 0 spiro atoms. The number of thiazole rings is 1. The van der Waals surface area contributed by atoms with Gasteiger partial charge in [-0.15, -0.1) is 28.0 Å². The van der Waals surface area contributed by atoms with E-state index in [9.17, 15) is 0 Å². The van der Waals surface area contributed by atoms with E-state index in [1.54, 1.807) is 28.4 Å². The molecule has 0 saturated heterocycles. The van der Waals surface area contributed by atoms with Crippen molar-refractivity contribution in [2.24, 2.45) is 0 Å². The number of alkyl halides is 1. The van der Waals surface area contributed by atoms with Gasteiger partial charge in [-0.05, 0) is 63.6 Å². The molecule has 3 heterocycles. The molecule has 4 aromatic rings. The minimum Gasteiger partial charge on any atom is -0.372 e. The molecule has 4 rings (SSSR count). The van der Waals surface area contributed by atoms with Gasteiger partial charge in [0.15, 0.2) is 10.9 Å². The number of aryl methyl sites for hydroxylation is 1. The van der Waals surface area contributed by atoms with Crippen LogP contribution in [0.25, 0.3) is 17.1 Å². The molecule has 32 heavy (non-hydrogen) atoms. The fraction of sp³-hybridized carbons (Fsp3) is 0.304. The van der Waals surface area contributed by atoms with Crippen LogP contribution in [0.1, 0.15) is 37.4 Å². The van der Waals surface area contributed by atoms with E-state index in [-0.39, 0.29) is 5.38 Å². The predicted molar refractivity (Wildman–Crippen MR) is 133 cm³/mol. The maximum atomic E-state index is 6.06. The molecule has 0 fully saturated rings. The summed E-state index contributed by atoms with van der Waals surface area (Å²) >= 11 is 7.63. The second-order valence-corrected chi connectivity index (χ2v) is 8.96. The van der Waals surface area contributed by atoms with E-state index in [2.05, 4.69) is 64.5 Å². The van der Waals surface area contributed by atoms with Crippen molar-refractivity contribution in [3.8, 4) is 17.1 Å². The first-order chi connectivity index (χ1) is 15.5. The molecule has 0 aliphatic rings. The Hall–Kier alpha value is -2.97. The smallest absolute Gasteiger partial charge is 0.187 e. The fourth-order valence-corrected chi connectivity index (χ4v) is 4.23. The van der Waals surface area contributed by atoms with Gasteiger partial charge >= 0.3 is 0 Å². The number of halogens is 1. The van der Waals surface area contributed by atoms with Crippen molar-refractivity contribution in [1.82, 2.24) is 25.0 Å². The zero-order chi connectivity index (χ0) is 22.7. The highest BCUT2D eigenvalue weighted by Gasteiger charge is 2.11. The monoisotopic (exact) mass is 467 g/mol. The molecule has 1 N–H and O–H groups in total. The Morgan fingerprint density at radius 2 is 2.00 bits per heavy atom. The molecule has 0 radical (unpaired) electrons. The highest BCUT2D eigenvalue weighted by Crippen LogP contribution is 2.30. The highest BCUT2D eigenvalue weighted by atomic mass is 35.5. The molecule has 0 amide bonds.